The second-order valence-electron chi connectivity index (χ2n) is 11.6. The van der Waals surface area contributed by atoms with Crippen molar-refractivity contribution in [1.29, 1.82) is 0 Å². The number of hydrogen-bond donors (Lipinski definition) is 3. The van der Waals surface area contributed by atoms with Crippen molar-refractivity contribution in [3.63, 3.8) is 0 Å². The predicted molar refractivity (Wildman–Crippen MR) is 137 cm³/mol. The molecule has 0 aromatic heterocycles. The summed E-state index contributed by atoms with van der Waals surface area (Å²) in [7, 11) is 3.56. The molecule has 0 amide bonds. The van der Waals surface area contributed by atoms with Crippen LogP contribution in [0.15, 0.2) is 58.1 Å². The highest BCUT2D eigenvalue weighted by Gasteiger charge is 2.77. The van der Waals surface area contributed by atoms with Gasteiger partial charge >= 0.3 is 0 Å². The zero-order chi connectivity index (χ0) is 25.9. The highest BCUT2D eigenvalue weighted by Crippen LogP contribution is 2.73. The first-order valence-corrected chi connectivity index (χ1v) is 13.7. The van der Waals surface area contributed by atoms with Crippen LogP contribution in [0.25, 0.3) is 0 Å². The highest BCUT2D eigenvalue weighted by atomic mass is 32.2. The summed E-state index contributed by atoms with van der Waals surface area (Å²) in [6, 6.07) is 0.171. The van der Waals surface area contributed by atoms with Crippen molar-refractivity contribution >= 4 is 15.2 Å². The van der Waals surface area contributed by atoms with Crippen LogP contribution in [0.4, 0.5) is 0 Å². The highest BCUT2D eigenvalue weighted by molar-refractivity contribution is 7.73. The molecule has 2 heterocycles. The van der Waals surface area contributed by atoms with E-state index in [2.05, 4.69) is 18.0 Å². The molecule has 2 fully saturated rings. The maximum Gasteiger partial charge on any atom is 0.217 e. The maximum atomic E-state index is 12.2. The van der Waals surface area contributed by atoms with E-state index in [4.69, 9.17) is 10.5 Å². The number of likely N-dealkylation sites (tertiary alicyclic amines) is 1. The van der Waals surface area contributed by atoms with Gasteiger partial charge in [-0.3, -0.25) is 5.73 Å². The first kappa shape index (κ1) is 24.2. The number of rotatable bonds is 2. The third-order valence-corrected chi connectivity index (χ3v) is 10.7. The lowest BCUT2D eigenvalue weighted by Crippen LogP contribution is -2.70. The van der Waals surface area contributed by atoms with Crippen molar-refractivity contribution in [2.75, 3.05) is 27.7 Å². The largest absolute Gasteiger partial charge is 0.478 e. The van der Waals surface area contributed by atoms with Crippen LogP contribution in [0.1, 0.15) is 33.1 Å². The summed E-state index contributed by atoms with van der Waals surface area (Å²) in [4.78, 5) is 4.56. The van der Waals surface area contributed by atoms with Crippen molar-refractivity contribution in [1.82, 2.24) is 9.80 Å². The Balaban J connectivity index is 1.72. The standard InChI is InChI=1S/C27H35N3O5S/c1-14-15(2)27(28,32)24-22-18(14)12-20-19-13-21(29(3)4)23(31)26(35-24,25(19,22)9-10-30(20)5)16-7-6-8-17(11-16)36(33)34/h6-8,13,15,19-20,23,31-32H,9-12,28H2,1-5H3/t15?,19-,20+,23-,25-,26-,27?/m0/s1. The van der Waals surface area contributed by atoms with Gasteiger partial charge < -0.3 is 24.7 Å². The molecule has 0 radical (unpaired) electrons. The maximum absolute atomic E-state index is 12.2. The van der Waals surface area contributed by atoms with Gasteiger partial charge in [0.25, 0.3) is 0 Å². The Morgan fingerprint density at radius 2 is 2.03 bits per heavy atom. The van der Waals surface area contributed by atoms with Crippen LogP contribution in [0.2, 0.25) is 0 Å². The van der Waals surface area contributed by atoms with Crippen molar-refractivity contribution in [3.05, 3.63) is 58.1 Å². The molecule has 7 atom stereocenters. The van der Waals surface area contributed by atoms with Crippen molar-refractivity contribution in [3.8, 4) is 0 Å². The lowest BCUT2D eigenvalue weighted by Gasteiger charge is -2.64. The average Bonchev–Trinajstić information content (AvgIpc) is 3.16. The van der Waals surface area contributed by atoms with Crippen LogP contribution in [-0.4, -0.2) is 84.5 Å². The van der Waals surface area contributed by atoms with E-state index in [0.29, 0.717) is 17.8 Å². The monoisotopic (exact) mass is 513 g/mol. The Hall–Kier alpha value is -2.17. The summed E-state index contributed by atoms with van der Waals surface area (Å²) in [5, 5.41) is 24.0. The molecule has 6 aliphatic rings. The molecule has 0 aromatic rings. The average molecular weight is 514 g/mol. The molecule has 36 heavy (non-hydrogen) atoms. The fourth-order valence-electron chi connectivity index (χ4n) is 8.04. The van der Waals surface area contributed by atoms with Gasteiger partial charge in [0.1, 0.15) is 11.9 Å². The van der Waals surface area contributed by atoms with Crippen molar-refractivity contribution < 1.29 is 23.4 Å². The summed E-state index contributed by atoms with van der Waals surface area (Å²) in [6.07, 6.45) is 7.95. The van der Waals surface area contributed by atoms with Crippen LogP contribution in [0.5, 0.6) is 0 Å². The fraction of sp³-hybridized carbons (Fsp3) is 0.593. The Morgan fingerprint density at radius 1 is 1.31 bits per heavy atom. The first-order valence-electron chi connectivity index (χ1n) is 12.6. The normalized spacial score (nSPS) is 43.2. The fourth-order valence-corrected chi connectivity index (χ4v) is 8.50. The smallest absolute Gasteiger partial charge is 0.217 e. The van der Waals surface area contributed by atoms with Crippen LogP contribution in [-0.2, 0) is 15.0 Å². The second-order valence-corrected chi connectivity index (χ2v) is 12.6. The van der Waals surface area contributed by atoms with E-state index in [0.717, 1.165) is 29.8 Å². The number of nitrogens with two attached hydrogens (primary N) is 1. The van der Waals surface area contributed by atoms with Gasteiger partial charge in [0, 0.05) is 49.7 Å². The van der Waals surface area contributed by atoms with Gasteiger partial charge in [-0.25, -0.2) is 0 Å². The molecule has 4 N–H and O–H groups in total. The van der Waals surface area contributed by atoms with E-state index < -0.39 is 33.1 Å². The Morgan fingerprint density at radius 3 is 2.69 bits per heavy atom. The summed E-state index contributed by atoms with van der Waals surface area (Å²) in [6.45, 7) is 4.76. The molecular weight excluding hydrogens is 478 g/mol. The first-order chi connectivity index (χ1) is 16.9. The molecule has 1 saturated carbocycles. The topological polar surface area (TPSA) is 116 Å². The molecule has 0 aromatic carbocycles. The van der Waals surface area contributed by atoms with Gasteiger partial charge in [-0.2, -0.15) is 8.42 Å². The minimum absolute atomic E-state index is 0.0155. The number of aliphatic hydroxyl groups excluding tert-OH is 1. The minimum atomic E-state index is -2.40. The Bertz CT molecular complexity index is 1360. The summed E-state index contributed by atoms with van der Waals surface area (Å²) in [5.41, 5.74) is 7.53. The summed E-state index contributed by atoms with van der Waals surface area (Å²) in [5.74, 6) is -0.0352. The van der Waals surface area contributed by atoms with Crippen LogP contribution < -0.4 is 5.73 Å². The number of likely N-dealkylation sites (N-methyl/N-ethyl adjacent to an activating group) is 1. The number of piperidine rings is 1. The van der Waals surface area contributed by atoms with Gasteiger partial charge in [0.15, 0.2) is 11.3 Å². The molecule has 194 valence electrons. The number of ether oxygens (including phenoxy) is 1. The molecule has 2 bridgehead atoms. The van der Waals surface area contributed by atoms with Crippen LogP contribution in [0, 0.1) is 17.3 Å². The quantitative estimate of drug-likeness (QED) is 0.371. The van der Waals surface area contributed by atoms with E-state index in [-0.39, 0.29) is 29.2 Å². The number of hydrogen-bond acceptors (Lipinski definition) is 8. The lowest BCUT2D eigenvalue weighted by molar-refractivity contribution is -0.167. The lowest BCUT2D eigenvalue weighted by atomic mass is 9.44. The molecule has 6 rings (SSSR count). The molecular formula is C27H35N3O5S. The van der Waals surface area contributed by atoms with Crippen LogP contribution >= 0.6 is 0 Å². The van der Waals surface area contributed by atoms with Gasteiger partial charge in [-0.15, -0.1) is 0 Å². The second kappa shape index (κ2) is 7.45. The van der Waals surface area contributed by atoms with E-state index >= 15 is 0 Å². The molecule has 1 spiro atoms. The van der Waals surface area contributed by atoms with E-state index in [9.17, 15) is 18.6 Å². The minimum Gasteiger partial charge on any atom is -0.478 e. The molecule has 9 heteroatoms. The van der Waals surface area contributed by atoms with Gasteiger partial charge in [0.05, 0.1) is 10.3 Å². The van der Waals surface area contributed by atoms with Gasteiger partial charge in [-0.05, 0) is 50.6 Å². The molecule has 2 aliphatic heterocycles. The summed E-state index contributed by atoms with van der Waals surface area (Å²) >= 11 is 0. The third-order valence-electron chi connectivity index (χ3n) is 10.0. The van der Waals surface area contributed by atoms with Gasteiger partial charge in [0.2, 0.25) is 10.3 Å². The number of nitrogens with zero attached hydrogens (tertiary/aromatic N) is 2. The molecule has 8 nitrogen and oxygen atoms in total. The molecule has 4 aliphatic carbocycles. The predicted octanol–water partition coefficient (Wildman–Crippen LogP) is 1.09. The Kier molecular flexibility index (Phi) is 5.00. The van der Waals surface area contributed by atoms with Crippen molar-refractivity contribution in [2.45, 2.75) is 56.6 Å². The zero-order valence-electron chi connectivity index (χ0n) is 21.4. The number of allylic oxidation sites excluding steroid dienone is 3. The third kappa shape index (κ3) is 2.60. The Labute approximate surface area is 213 Å². The summed E-state index contributed by atoms with van der Waals surface area (Å²) < 4.78 is 31.0. The van der Waals surface area contributed by atoms with E-state index in [1.807, 2.05) is 38.9 Å². The van der Waals surface area contributed by atoms with Gasteiger partial charge in [-0.1, -0.05) is 30.7 Å². The van der Waals surface area contributed by atoms with Crippen molar-refractivity contribution in [2.24, 2.45) is 23.0 Å². The zero-order valence-corrected chi connectivity index (χ0v) is 22.3. The van der Waals surface area contributed by atoms with Crippen LogP contribution in [0.3, 0.4) is 0 Å². The molecule has 1 saturated heterocycles. The molecule has 2 unspecified atom stereocenters. The number of aliphatic hydroxyl groups is 2. The SMILES string of the molecule is CC1=C2C[C@@H]3[C@@H]4C=C(N(C)C)[C@H](O)[C@]5(C6=CC=CC(=S(=O)=O)C6)OC(=C2[C@]45CCN3C)C(N)(O)C1C. The van der Waals surface area contributed by atoms with E-state index in [1.54, 1.807) is 12.2 Å². The van der Waals surface area contributed by atoms with E-state index in [1.165, 1.54) is 5.57 Å².